The number of rotatable bonds is 6. The fourth-order valence-corrected chi connectivity index (χ4v) is 3.51. The summed E-state index contributed by atoms with van der Waals surface area (Å²) in [6.07, 6.45) is 8.56. The van der Waals surface area contributed by atoms with E-state index in [-0.39, 0.29) is 43.7 Å². The van der Waals surface area contributed by atoms with Crippen LogP contribution < -0.4 is 14.2 Å². The lowest BCUT2D eigenvalue weighted by atomic mass is 10.3. The van der Waals surface area contributed by atoms with Gasteiger partial charge in [0.05, 0.1) is 63.2 Å². The quantitative estimate of drug-likeness (QED) is 0.155. The van der Waals surface area contributed by atoms with E-state index in [0.717, 1.165) is 42.2 Å². The van der Waals surface area contributed by atoms with Crippen molar-refractivity contribution in [3.63, 3.8) is 0 Å². The lowest BCUT2D eigenvalue weighted by molar-refractivity contribution is 0.404. The average molecular weight is 690 g/mol. The molecular formula is C30H47Cl3N8O4. The van der Waals surface area contributed by atoms with Gasteiger partial charge in [0.2, 0.25) is 10.6 Å². The molecule has 0 atom stereocenters. The van der Waals surface area contributed by atoms with Crippen LogP contribution in [-0.4, -0.2) is 66.3 Å². The Morgan fingerprint density at radius 3 is 1.36 bits per heavy atom. The standard InChI is InChI=1S/C8H12N2O.C7H9ClN2O.C7H10N2O.C5H4Cl2N2O.3CH4/c1-4-7-8(11-3)5-9-6(2)10-7;1-3-5-6(11-2)4-9-7(8)10-5;1-3-6-7(10)4-8-5(2)9-6;1-10-3-2-8-5(7)9-4(3)6;;;/h5H,4H2,1-3H3;4H,3H2,1-2H3;4,10H,3H2,1-2H3;2H,1H3;3*1H4. The minimum atomic E-state index is 0. The average Bonchev–Trinajstić information content (AvgIpc) is 2.99. The summed E-state index contributed by atoms with van der Waals surface area (Å²) in [7, 11) is 4.71. The van der Waals surface area contributed by atoms with Crippen molar-refractivity contribution in [3.05, 3.63) is 69.2 Å². The molecule has 4 rings (SSSR count). The molecule has 0 bridgehead atoms. The van der Waals surface area contributed by atoms with Gasteiger partial charge in [-0.2, -0.15) is 0 Å². The van der Waals surface area contributed by atoms with Gasteiger partial charge in [0, 0.05) is 0 Å². The number of halogens is 3. The highest BCUT2D eigenvalue weighted by Crippen LogP contribution is 2.21. The fourth-order valence-electron chi connectivity index (χ4n) is 2.97. The predicted octanol–water partition coefficient (Wildman–Crippen LogP) is 7.81. The van der Waals surface area contributed by atoms with Crippen LogP contribution in [0.25, 0.3) is 0 Å². The van der Waals surface area contributed by atoms with Crippen LogP contribution >= 0.6 is 34.8 Å². The van der Waals surface area contributed by atoms with Crippen LogP contribution in [0.1, 0.15) is 71.8 Å². The van der Waals surface area contributed by atoms with Crippen LogP contribution in [0.5, 0.6) is 23.0 Å². The molecule has 45 heavy (non-hydrogen) atoms. The summed E-state index contributed by atoms with van der Waals surface area (Å²) in [5, 5.41) is 9.72. The van der Waals surface area contributed by atoms with E-state index in [2.05, 4.69) is 39.9 Å². The van der Waals surface area contributed by atoms with Gasteiger partial charge in [0.25, 0.3) is 0 Å². The number of methoxy groups -OCH3 is 3. The van der Waals surface area contributed by atoms with E-state index in [4.69, 9.17) is 54.1 Å². The van der Waals surface area contributed by atoms with Gasteiger partial charge in [-0.3, -0.25) is 0 Å². The second-order valence-electron chi connectivity index (χ2n) is 7.89. The van der Waals surface area contributed by atoms with Crippen LogP contribution in [0.15, 0.2) is 24.8 Å². The molecule has 0 radical (unpaired) electrons. The lowest BCUT2D eigenvalue weighted by Gasteiger charge is -2.04. The molecule has 0 unspecified atom stereocenters. The third kappa shape index (κ3) is 16.3. The zero-order valence-electron chi connectivity index (χ0n) is 24.8. The summed E-state index contributed by atoms with van der Waals surface area (Å²) in [6, 6.07) is 0. The highest BCUT2D eigenvalue weighted by atomic mass is 35.5. The van der Waals surface area contributed by atoms with E-state index in [9.17, 15) is 0 Å². The molecule has 0 spiro atoms. The maximum atomic E-state index is 9.11. The minimum absolute atomic E-state index is 0. The Hall–Kier alpha value is -3.61. The summed E-state index contributed by atoms with van der Waals surface area (Å²) in [6.45, 7) is 9.66. The van der Waals surface area contributed by atoms with Crippen molar-refractivity contribution in [1.29, 1.82) is 0 Å². The van der Waals surface area contributed by atoms with Gasteiger partial charge in [-0.15, -0.1) is 0 Å². The van der Waals surface area contributed by atoms with E-state index in [1.807, 2.05) is 27.7 Å². The SMILES string of the molecule is C.C.C.CCc1nc(C)ncc1O.CCc1nc(C)ncc1OC.CCc1nc(Cl)ncc1OC.COc1cnc(Cl)nc1Cl. The largest absolute Gasteiger partial charge is 0.504 e. The Bertz CT molecular complexity index is 1350. The second-order valence-corrected chi connectivity index (χ2v) is 8.93. The first-order valence-corrected chi connectivity index (χ1v) is 13.8. The molecule has 252 valence electrons. The van der Waals surface area contributed by atoms with Crippen LogP contribution in [0.3, 0.4) is 0 Å². The van der Waals surface area contributed by atoms with Crippen molar-refractivity contribution in [2.45, 2.75) is 76.2 Å². The van der Waals surface area contributed by atoms with Crippen molar-refractivity contribution < 1.29 is 19.3 Å². The first kappa shape index (κ1) is 45.8. The van der Waals surface area contributed by atoms with E-state index in [1.54, 1.807) is 33.5 Å². The molecule has 0 aliphatic heterocycles. The molecule has 0 aliphatic rings. The number of ether oxygens (including phenoxy) is 3. The summed E-state index contributed by atoms with van der Waals surface area (Å²) in [5.74, 6) is 3.58. The molecule has 0 fully saturated rings. The van der Waals surface area contributed by atoms with Gasteiger partial charge < -0.3 is 19.3 Å². The molecule has 0 amide bonds. The van der Waals surface area contributed by atoms with Crippen molar-refractivity contribution in [3.8, 4) is 23.0 Å². The van der Waals surface area contributed by atoms with Crippen LogP contribution in [0.4, 0.5) is 0 Å². The monoisotopic (exact) mass is 688 g/mol. The van der Waals surface area contributed by atoms with Crippen LogP contribution in [0, 0.1) is 13.8 Å². The molecular weight excluding hydrogens is 643 g/mol. The van der Waals surface area contributed by atoms with Crippen molar-refractivity contribution in [2.75, 3.05) is 21.3 Å². The summed E-state index contributed by atoms with van der Waals surface area (Å²) >= 11 is 16.6. The van der Waals surface area contributed by atoms with Crippen molar-refractivity contribution in [1.82, 2.24) is 39.9 Å². The van der Waals surface area contributed by atoms with Gasteiger partial charge in [0.1, 0.15) is 11.6 Å². The third-order valence-corrected chi connectivity index (χ3v) is 5.70. The first-order valence-electron chi connectivity index (χ1n) is 12.7. The maximum absolute atomic E-state index is 9.11. The van der Waals surface area contributed by atoms with Gasteiger partial charge in [0.15, 0.2) is 28.2 Å². The molecule has 4 aromatic heterocycles. The van der Waals surface area contributed by atoms with Gasteiger partial charge in [-0.25, -0.2) is 39.9 Å². The van der Waals surface area contributed by atoms with E-state index >= 15 is 0 Å². The van der Waals surface area contributed by atoms with E-state index < -0.39 is 0 Å². The molecule has 4 heterocycles. The van der Waals surface area contributed by atoms with Crippen molar-refractivity contribution in [2.24, 2.45) is 0 Å². The number of aryl methyl sites for hydroxylation is 5. The highest BCUT2D eigenvalue weighted by molar-refractivity contribution is 6.32. The topological polar surface area (TPSA) is 151 Å². The Balaban J connectivity index is -0.000000512. The Kier molecular flexibility index (Phi) is 25.1. The van der Waals surface area contributed by atoms with Gasteiger partial charge in [-0.1, -0.05) is 54.7 Å². The van der Waals surface area contributed by atoms with Gasteiger partial charge >= 0.3 is 0 Å². The summed E-state index contributed by atoms with van der Waals surface area (Å²) < 4.78 is 14.9. The zero-order valence-corrected chi connectivity index (χ0v) is 27.1. The van der Waals surface area contributed by atoms with Crippen molar-refractivity contribution >= 4 is 34.8 Å². The fraction of sp³-hybridized carbons (Fsp3) is 0.467. The minimum Gasteiger partial charge on any atom is -0.504 e. The molecule has 4 aromatic rings. The smallest absolute Gasteiger partial charge is 0.224 e. The normalized spacial score (nSPS) is 9.04. The summed E-state index contributed by atoms with van der Waals surface area (Å²) in [5.41, 5.74) is 2.53. The Labute approximate surface area is 283 Å². The molecule has 1 N–H and O–H groups in total. The molecule has 0 saturated heterocycles. The van der Waals surface area contributed by atoms with Gasteiger partial charge in [-0.05, 0) is 56.3 Å². The molecule has 0 aromatic carbocycles. The number of aromatic hydroxyl groups is 1. The molecule has 15 heteroatoms. The summed E-state index contributed by atoms with van der Waals surface area (Å²) in [4.78, 5) is 31.2. The number of hydrogen-bond donors (Lipinski definition) is 1. The number of hydrogen-bond acceptors (Lipinski definition) is 12. The van der Waals surface area contributed by atoms with Crippen LogP contribution in [-0.2, 0) is 19.3 Å². The lowest BCUT2D eigenvalue weighted by Crippen LogP contribution is -1.97. The molecule has 0 saturated carbocycles. The second kappa shape index (κ2) is 24.7. The maximum Gasteiger partial charge on any atom is 0.224 e. The zero-order chi connectivity index (χ0) is 31.7. The van der Waals surface area contributed by atoms with Crippen LogP contribution in [0.2, 0.25) is 15.7 Å². The predicted molar refractivity (Wildman–Crippen MR) is 182 cm³/mol. The Morgan fingerprint density at radius 2 is 0.933 bits per heavy atom. The third-order valence-electron chi connectivity index (χ3n) is 5.06. The van der Waals surface area contributed by atoms with E-state index in [0.29, 0.717) is 23.0 Å². The number of aromatic nitrogens is 8. The van der Waals surface area contributed by atoms with E-state index in [1.165, 1.54) is 19.5 Å². The Morgan fingerprint density at radius 1 is 0.556 bits per heavy atom. The molecule has 12 nitrogen and oxygen atoms in total. The molecule has 0 aliphatic carbocycles. The number of nitrogens with zero attached hydrogens (tertiary/aromatic N) is 8. The highest BCUT2D eigenvalue weighted by Gasteiger charge is 2.04. The first-order chi connectivity index (χ1) is 20.0.